The molecule has 92 valence electrons. The second kappa shape index (κ2) is 5.75. The predicted molar refractivity (Wildman–Crippen MR) is 62.3 cm³/mol. The van der Waals surface area contributed by atoms with Crippen LogP contribution in [0.25, 0.3) is 0 Å². The molecule has 0 amide bonds. The van der Waals surface area contributed by atoms with Crippen molar-refractivity contribution < 1.29 is 12.8 Å². The lowest BCUT2D eigenvalue weighted by Gasteiger charge is -2.05. The number of benzene rings is 1. The molecule has 0 bridgehead atoms. The van der Waals surface area contributed by atoms with Crippen LogP contribution in [0.3, 0.4) is 0 Å². The summed E-state index contributed by atoms with van der Waals surface area (Å²) >= 11 is 0. The van der Waals surface area contributed by atoms with Crippen molar-refractivity contribution >= 4 is 9.84 Å². The number of halogens is 1. The maximum absolute atomic E-state index is 13.4. The van der Waals surface area contributed by atoms with Crippen LogP contribution in [0.2, 0.25) is 0 Å². The molecular weight excluding hydrogens is 243 g/mol. The number of rotatable bonds is 5. The number of nitrogens with two attached hydrogens (primary N) is 1. The maximum Gasteiger partial charge on any atom is 0.154 e. The molecule has 0 aliphatic rings. The highest BCUT2D eigenvalue weighted by Gasteiger charge is 2.14. The molecule has 1 aromatic rings. The van der Waals surface area contributed by atoms with Gasteiger partial charge >= 0.3 is 0 Å². The zero-order valence-electron chi connectivity index (χ0n) is 9.19. The molecule has 0 saturated heterocycles. The van der Waals surface area contributed by atoms with Crippen LogP contribution in [-0.2, 0) is 15.6 Å². The summed E-state index contributed by atoms with van der Waals surface area (Å²) in [5.74, 6) is -1.08. The van der Waals surface area contributed by atoms with Crippen molar-refractivity contribution in [3.05, 3.63) is 35.1 Å². The molecule has 0 saturated carbocycles. The van der Waals surface area contributed by atoms with Crippen molar-refractivity contribution in [3.63, 3.8) is 0 Å². The normalized spacial score (nSPS) is 11.1. The molecule has 6 heteroatoms. The van der Waals surface area contributed by atoms with Crippen molar-refractivity contribution in [2.45, 2.75) is 12.2 Å². The van der Waals surface area contributed by atoms with Crippen molar-refractivity contribution in [2.75, 3.05) is 12.3 Å². The Kier molecular flexibility index (Phi) is 4.61. The summed E-state index contributed by atoms with van der Waals surface area (Å²) in [4.78, 5) is 0. The highest BCUT2D eigenvalue weighted by Crippen LogP contribution is 2.14. The van der Waals surface area contributed by atoms with Crippen LogP contribution >= 0.6 is 0 Å². The molecule has 17 heavy (non-hydrogen) atoms. The van der Waals surface area contributed by atoms with E-state index < -0.39 is 21.4 Å². The first kappa shape index (κ1) is 13.6. The Morgan fingerprint density at radius 2 is 2.12 bits per heavy atom. The number of sulfone groups is 1. The van der Waals surface area contributed by atoms with Gasteiger partial charge in [0.25, 0.3) is 0 Å². The van der Waals surface area contributed by atoms with E-state index in [1.54, 1.807) is 0 Å². The van der Waals surface area contributed by atoms with Gasteiger partial charge in [0.1, 0.15) is 5.82 Å². The van der Waals surface area contributed by atoms with Crippen molar-refractivity contribution in [1.82, 2.24) is 0 Å². The lowest BCUT2D eigenvalue weighted by molar-refractivity contribution is 0.585. The molecule has 0 atom stereocenters. The van der Waals surface area contributed by atoms with Gasteiger partial charge in [-0.2, -0.15) is 5.26 Å². The summed E-state index contributed by atoms with van der Waals surface area (Å²) in [6, 6.07) is 5.52. The minimum atomic E-state index is -3.37. The van der Waals surface area contributed by atoms with E-state index >= 15 is 0 Å². The molecule has 4 nitrogen and oxygen atoms in total. The van der Waals surface area contributed by atoms with E-state index in [9.17, 15) is 12.8 Å². The Morgan fingerprint density at radius 3 is 2.71 bits per heavy atom. The fourth-order valence-corrected chi connectivity index (χ4v) is 2.81. The van der Waals surface area contributed by atoms with Gasteiger partial charge in [-0.25, -0.2) is 12.8 Å². The summed E-state index contributed by atoms with van der Waals surface area (Å²) in [5.41, 5.74) is 5.50. The molecule has 1 rings (SSSR count). The molecule has 0 aliphatic heterocycles. The Labute approximate surface area is 99.8 Å². The van der Waals surface area contributed by atoms with Crippen LogP contribution in [0.4, 0.5) is 4.39 Å². The molecule has 0 radical (unpaired) electrons. The fraction of sp³-hybridized carbons (Fsp3) is 0.364. The van der Waals surface area contributed by atoms with Crippen LogP contribution in [0.5, 0.6) is 0 Å². The first-order valence-electron chi connectivity index (χ1n) is 5.07. The van der Waals surface area contributed by atoms with E-state index in [4.69, 9.17) is 11.0 Å². The van der Waals surface area contributed by atoms with Gasteiger partial charge in [0.05, 0.1) is 23.1 Å². The summed E-state index contributed by atoms with van der Waals surface area (Å²) in [6.45, 7) is 0.278. The number of nitriles is 1. The quantitative estimate of drug-likeness (QED) is 0.850. The third-order valence-corrected chi connectivity index (χ3v) is 3.87. The molecule has 2 N–H and O–H groups in total. The maximum atomic E-state index is 13.4. The van der Waals surface area contributed by atoms with E-state index in [2.05, 4.69) is 0 Å². The minimum Gasteiger partial charge on any atom is -0.330 e. The summed E-state index contributed by atoms with van der Waals surface area (Å²) in [7, 11) is -3.37. The molecule has 0 aliphatic carbocycles. The summed E-state index contributed by atoms with van der Waals surface area (Å²) in [6.07, 6.45) is 0.349. The van der Waals surface area contributed by atoms with Gasteiger partial charge in [0, 0.05) is 5.56 Å². The highest BCUT2D eigenvalue weighted by molar-refractivity contribution is 7.90. The third kappa shape index (κ3) is 4.13. The topological polar surface area (TPSA) is 84.0 Å². The smallest absolute Gasteiger partial charge is 0.154 e. The average Bonchev–Trinajstić information content (AvgIpc) is 2.29. The zero-order valence-corrected chi connectivity index (χ0v) is 10.0. The lowest BCUT2D eigenvalue weighted by Crippen LogP contribution is -2.14. The van der Waals surface area contributed by atoms with E-state index in [1.807, 2.05) is 6.07 Å². The number of hydrogen-bond acceptors (Lipinski definition) is 4. The number of hydrogen-bond donors (Lipinski definition) is 1. The Hall–Kier alpha value is -1.45. The standard InChI is InChI=1S/C11H13FN2O2S/c12-11-3-2-9(7-14)6-10(11)8-17(15,16)5-1-4-13/h2-3,6H,1,4-5,8,13H2. The van der Waals surface area contributed by atoms with Gasteiger partial charge in [-0.1, -0.05) is 0 Å². The van der Waals surface area contributed by atoms with Crippen LogP contribution in [0.1, 0.15) is 17.5 Å². The molecule has 0 spiro atoms. The molecular formula is C11H13FN2O2S. The van der Waals surface area contributed by atoms with Crippen LogP contribution in [-0.4, -0.2) is 20.7 Å². The molecule has 0 unspecified atom stereocenters. The van der Waals surface area contributed by atoms with Gasteiger partial charge < -0.3 is 5.73 Å². The van der Waals surface area contributed by atoms with Crippen molar-refractivity contribution in [1.29, 1.82) is 5.26 Å². The van der Waals surface area contributed by atoms with Gasteiger partial charge in [-0.05, 0) is 31.2 Å². The second-order valence-electron chi connectivity index (χ2n) is 3.65. The van der Waals surface area contributed by atoms with Crippen molar-refractivity contribution in [3.8, 4) is 6.07 Å². The Morgan fingerprint density at radius 1 is 1.41 bits per heavy atom. The monoisotopic (exact) mass is 256 g/mol. The largest absolute Gasteiger partial charge is 0.330 e. The van der Waals surface area contributed by atoms with Crippen LogP contribution < -0.4 is 5.73 Å². The first-order valence-corrected chi connectivity index (χ1v) is 6.89. The first-order chi connectivity index (χ1) is 7.98. The van der Waals surface area contributed by atoms with Gasteiger partial charge in [0.2, 0.25) is 0 Å². The lowest BCUT2D eigenvalue weighted by atomic mass is 10.1. The number of nitrogens with zero attached hydrogens (tertiary/aromatic N) is 1. The highest BCUT2D eigenvalue weighted by atomic mass is 32.2. The summed E-state index contributed by atoms with van der Waals surface area (Å²) in [5, 5.41) is 8.65. The fourth-order valence-electron chi connectivity index (χ4n) is 1.37. The van der Waals surface area contributed by atoms with Gasteiger partial charge in [-0.15, -0.1) is 0 Å². The summed E-state index contributed by atoms with van der Waals surface area (Å²) < 4.78 is 36.6. The second-order valence-corrected chi connectivity index (χ2v) is 5.84. The Bertz CT molecular complexity index is 535. The molecule has 0 fully saturated rings. The molecule has 0 heterocycles. The van der Waals surface area contributed by atoms with Crippen LogP contribution in [0.15, 0.2) is 18.2 Å². The van der Waals surface area contributed by atoms with E-state index in [-0.39, 0.29) is 23.4 Å². The third-order valence-electron chi connectivity index (χ3n) is 2.21. The van der Waals surface area contributed by atoms with E-state index in [0.717, 1.165) is 6.07 Å². The van der Waals surface area contributed by atoms with Gasteiger partial charge in [-0.3, -0.25) is 0 Å². The van der Waals surface area contributed by atoms with E-state index in [1.165, 1.54) is 12.1 Å². The minimum absolute atomic E-state index is 0.0288. The van der Waals surface area contributed by atoms with E-state index in [0.29, 0.717) is 6.42 Å². The van der Waals surface area contributed by atoms with Crippen molar-refractivity contribution in [2.24, 2.45) is 5.73 Å². The SMILES string of the molecule is N#Cc1ccc(F)c(CS(=O)(=O)CCCN)c1. The average molecular weight is 256 g/mol. The molecule has 1 aromatic carbocycles. The Balaban J connectivity index is 2.91. The van der Waals surface area contributed by atoms with Gasteiger partial charge in [0.15, 0.2) is 9.84 Å². The zero-order chi connectivity index (χ0) is 12.9. The molecule has 0 aromatic heterocycles. The van der Waals surface area contributed by atoms with Crippen LogP contribution in [0, 0.1) is 17.1 Å². The predicted octanol–water partition coefficient (Wildman–Crippen LogP) is 0.961.